The van der Waals surface area contributed by atoms with Crippen LogP contribution < -0.4 is 0 Å². The molecule has 0 atom stereocenters. The van der Waals surface area contributed by atoms with Crippen molar-refractivity contribution in [2.45, 2.75) is 12.4 Å². The van der Waals surface area contributed by atoms with Crippen molar-refractivity contribution in [2.24, 2.45) is 0 Å². The van der Waals surface area contributed by atoms with E-state index in [-0.39, 0.29) is 0 Å². The van der Waals surface area contributed by atoms with Crippen molar-refractivity contribution in [3.8, 4) is 0 Å². The molecule has 0 unspecified atom stereocenters. The highest BCUT2D eigenvalue weighted by atomic mass is 19.4. The smallest absolute Gasteiger partial charge is 0.443 e. The molecule has 13 heteroatoms. The summed E-state index contributed by atoms with van der Waals surface area (Å²) in [6.07, 6.45) is -12.4. The molecule has 0 heterocycles. The first-order chi connectivity index (χ1) is 10.6. The lowest BCUT2D eigenvalue weighted by atomic mass is 9.96. The Morgan fingerprint density at radius 3 is 1.54 bits per heavy atom. The summed E-state index contributed by atoms with van der Waals surface area (Å²) in [5, 5.41) is 8.46. The largest absolute Gasteiger partial charge is 0.478 e. The molecule has 0 bridgehead atoms. The first-order valence-corrected chi connectivity index (χ1v) is 5.26. The van der Waals surface area contributed by atoms with Gasteiger partial charge in [0.25, 0.3) is 0 Å². The molecule has 1 rings (SSSR count). The summed E-state index contributed by atoms with van der Waals surface area (Å²) < 4.78 is 140. The monoisotopic (exact) mass is 374 g/mol. The lowest BCUT2D eigenvalue weighted by Crippen LogP contribution is -2.22. The summed E-state index contributed by atoms with van der Waals surface area (Å²) in [5.41, 5.74) is -9.26. The third-order valence-corrected chi connectivity index (χ3v) is 2.48. The predicted molar refractivity (Wildman–Crippen MR) is 53.0 cm³/mol. The maximum atomic E-state index is 13.5. The Labute approximate surface area is 123 Å². The van der Waals surface area contributed by atoms with E-state index in [4.69, 9.17) is 5.11 Å². The Kier molecular flexibility index (Phi) is 4.88. The molecule has 0 fully saturated rings. The van der Waals surface area contributed by atoms with Gasteiger partial charge < -0.3 is 5.11 Å². The van der Waals surface area contributed by atoms with E-state index < -0.39 is 64.1 Å². The van der Waals surface area contributed by atoms with E-state index in [0.29, 0.717) is 0 Å². The standard InChI is InChI=1S/C11HF11O2/c12-4-1(2(9(23)24)8(16)11(20,21)22)3(10(17,18)19)5(13)7(15)6(4)14/h(H,23,24)/b8-2+. The predicted octanol–water partition coefficient (Wildman–Crippen LogP) is 4.59. The second-order valence-electron chi connectivity index (χ2n) is 4.00. The van der Waals surface area contributed by atoms with Gasteiger partial charge in [-0.2, -0.15) is 26.3 Å². The van der Waals surface area contributed by atoms with Crippen LogP contribution in [-0.4, -0.2) is 17.3 Å². The van der Waals surface area contributed by atoms with Crippen LogP contribution in [0.3, 0.4) is 0 Å². The number of carbonyl (C=O) groups is 1. The molecule has 0 aromatic heterocycles. The van der Waals surface area contributed by atoms with Crippen LogP contribution in [0.25, 0.3) is 5.57 Å². The van der Waals surface area contributed by atoms with Crippen molar-refractivity contribution in [3.63, 3.8) is 0 Å². The van der Waals surface area contributed by atoms with Crippen LogP contribution in [-0.2, 0) is 11.0 Å². The number of halogens is 11. The molecule has 0 aliphatic carbocycles. The molecule has 0 radical (unpaired) electrons. The number of hydrogen-bond acceptors (Lipinski definition) is 1. The average Bonchev–Trinajstić information content (AvgIpc) is 2.39. The van der Waals surface area contributed by atoms with Crippen LogP contribution in [0.5, 0.6) is 0 Å². The van der Waals surface area contributed by atoms with Crippen LogP contribution in [0.4, 0.5) is 48.3 Å². The highest BCUT2D eigenvalue weighted by molar-refractivity contribution is 6.16. The summed E-state index contributed by atoms with van der Waals surface area (Å²) in [4.78, 5) is 10.7. The Morgan fingerprint density at radius 1 is 0.792 bits per heavy atom. The van der Waals surface area contributed by atoms with Crippen LogP contribution in [0.1, 0.15) is 11.1 Å². The quantitative estimate of drug-likeness (QED) is 0.356. The molecule has 0 saturated heterocycles. The molecule has 1 N–H and O–H groups in total. The molecule has 134 valence electrons. The van der Waals surface area contributed by atoms with Crippen molar-refractivity contribution in [1.29, 1.82) is 0 Å². The third kappa shape index (κ3) is 3.28. The van der Waals surface area contributed by atoms with Crippen molar-refractivity contribution in [3.05, 3.63) is 40.2 Å². The fourth-order valence-corrected chi connectivity index (χ4v) is 1.58. The van der Waals surface area contributed by atoms with Gasteiger partial charge in [-0.1, -0.05) is 0 Å². The molecule has 24 heavy (non-hydrogen) atoms. The van der Waals surface area contributed by atoms with Gasteiger partial charge in [-0.05, 0) is 0 Å². The summed E-state index contributed by atoms with van der Waals surface area (Å²) in [6.45, 7) is 0. The lowest BCUT2D eigenvalue weighted by molar-refractivity contribution is -0.141. The zero-order valence-electron chi connectivity index (χ0n) is 10.5. The number of allylic oxidation sites excluding steroid dienone is 1. The van der Waals surface area contributed by atoms with Gasteiger partial charge in [-0.15, -0.1) is 0 Å². The molecule has 1 aromatic carbocycles. The highest BCUT2D eigenvalue weighted by Crippen LogP contribution is 2.43. The fraction of sp³-hybridized carbons (Fsp3) is 0.182. The van der Waals surface area contributed by atoms with E-state index in [2.05, 4.69) is 0 Å². The van der Waals surface area contributed by atoms with E-state index in [1.165, 1.54) is 0 Å². The van der Waals surface area contributed by atoms with Crippen LogP contribution in [0.2, 0.25) is 0 Å². The normalized spacial score (nSPS) is 13.8. The van der Waals surface area contributed by atoms with E-state index in [1.54, 1.807) is 0 Å². The van der Waals surface area contributed by atoms with Crippen molar-refractivity contribution in [2.75, 3.05) is 0 Å². The molecular formula is C11HF11O2. The van der Waals surface area contributed by atoms with Crippen molar-refractivity contribution in [1.82, 2.24) is 0 Å². The Hall–Kier alpha value is -2.34. The average molecular weight is 374 g/mol. The van der Waals surface area contributed by atoms with E-state index in [9.17, 15) is 53.1 Å². The second-order valence-corrected chi connectivity index (χ2v) is 4.00. The molecule has 2 nitrogen and oxygen atoms in total. The van der Waals surface area contributed by atoms with Crippen LogP contribution in [0, 0.1) is 23.3 Å². The van der Waals surface area contributed by atoms with Gasteiger partial charge in [0.05, 0.1) is 0 Å². The highest BCUT2D eigenvalue weighted by Gasteiger charge is 2.47. The van der Waals surface area contributed by atoms with Gasteiger partial charge in [-0.25, -0.2) is 26.7 Å². The fourth-order valence-electron chi connectivity index (χ4n) is 1.58. The van der Waals surface area contributed by atoms with Gasteiger partial charge >= 0.3 is 18.3 Å². The summed E-state index contributed by atoms with van der Waals surface area (Å²) in [7, 11) is 0. The second kappa shape index (κ2) is 5.94. The number of benzene rings is 1. The zero-order valence-corrected chi connectivity index (χ0v) is 10.5. The molecule has 0 aliphatic rings. The maximum absolute atomic E-state index is 13.5. The lowest BCUT2D eigenvalue weighted by Gasteiger charge is -2.17. The molecule has 0 amide bonds. The van der Waals surface area contributed by atoms with Gasteiger partial charge in [0, 0.05) is 5.56 Å². The Morgan fingerprint density at radius 2 is 1.21 bits per heavy atom. The van der Waals surface area contributed by atoms with E-state index in [1.807, 2.05) is 0 Å². The van der Waals surface area contributed by atoms with Gasteiger partial charge in [0.1, 0.15) is 11.1 Å². The first-order valence-electron chi connectivity index (χ1n) is 5.26. The SMILES string of the molecule is O=C(O)/C(=C(/F)C(F)(F)F)c1c(F)c(F)c(F)c(F)c1C(F)(F)F. The molecule has 0 spiro atoms. The van der Waals surface area contributed by atoms with Crippen molar-refractivity contribution < 1.29 is 58.2 Å². The third-order valence-electron chi connectivity index (χ3n) is 2.48. The molecule has 0 saturated carbocycles. The Balaban J connectivity index is 4.18. The number of carboxylic acid groups (broad SMARTS) is 1. The van der Waals surface area contributed by atoms with E-state index >= 15 is 0 Å². The Bertz CT molecular complexity index is 727. The molecule has 0 aliphatic heterocycles. The number of hydrogen-bond donors (Lipinski definition) is 1. The van der Waals surface area contributed by atoms with Gasteiger partial charge in [-0.3, -0.25) is 0 Å². The number of alkyl halides is 6. The zero-order chi connectivity index (χ0) is 19.2. The van der Waals surface area contributed by atoms with E-state index in [0.717, 1.165) is 0 Å². The maximum Gasteiger partial charge on any atom is 0.443 e. The first kappa shape index (κ1) is 19.7. The minimum absolute atomic E-state index is 2.96. The van der Waals surface area contributed by atoms with Crippen LogP contribution in [0.15, 0.2) is 5.83 Å². The minimum Gasteiger partial charge on any atom is -0.478 e. The van der Waals surface area contributed by atoms with Crippen molar-refractivity contribution >= 4 is 11.5 Å². The van der Waals surface area contributed by atoms with Crippen LogP contribution >= 0.6 is 0 Å². The number of carboxylic acids is 1. The number of aliphatic carboxylic acids is 1. The number of rotatable bonds is 2. The minimum atomic E-state index is -6.23. The molecule has 1 aromatic rings. The summed E-state index contributed by atoms with van der Waals surface area (Å²) in [5.74, 6) is -19.4. The summed E-state index contributed by atoms with van der Waals surface area (Å²) in [6, 6.07) is 0. The van der Waals surface area contributed by atoms with Gasteiger partial charge in [0.2, 0.25) is 5.83 Å². The topological polar surface area (TPSA) is 37.3 Å². The summed E-state index contributed by atoms with van der Waals surface area (Å²) >= 11 is 0. The van der Waals surface area contributed by atoms with Gasteiger partial charge in [0.15, 0.2) is 23.3 Å². The molecular weight excluding hydrogens is 373 g/mol.